The van der Waals surface area contributed by atoms with E-state index in [1.807, 2.05) is 0 Å². The molecule has 0 aliphatic rings. The number of benzene rings is 1. The van der Waals surface area contributed by atoms with E-state index in [1.54, 1.807) is 31.3 Å². The predicted octanol–water partition coefficient (Wildman–Crippen LogP) is 3.08. The molecule has 0 saturated heterocycles. The van der Waals surface area contributed by atoms with Crippen molar-refractivity contribution in [3.05, 3.63) is 56.4 Å². The van der Waals surface area contributed by atoms with Gasteiger partial charge in [-0.15, -0.1) is 11.3 Å². The first kappa shape index (κ1) is 17.6. The minimum atomic E-state index is -0.280. The number of nitrogens with one attached hydrogen (secondary N) is 1. The molecule has 2 amide bonds. The molecule has 0 saturated carbocycles. The summed E-state index contributed by atoms with van der Waals surface area (Å²) in [6.45, 7) is 0.439. The van der Waals surface area contributed by atoms with Gasteiger partial charge >= 0.3 is 0 Å². The van der Waals surface area contributed by atoms with Crippen molar-refractivity contribution < 1.29 is 14.0 Å². The largest absolute Gasteiger partial charge is 0.354 e. The van der Waals surface area contributed by atoms with Crippen LogP contribution in [0.15, 0.2) is 40.2 Å². The van der Waals surface area contributed by atoms with Crippen molar-refractivity contribution in [3.8, 4) is 0 Å². The molecule has 1 aromatic carbocycles. The lowest BCUT2D eigenvalue weighted by Gasteiger charge is -2.15. The van der Waals surface area contributed by atoms with Crippen molar-refractivity contribution in [1.29, 1.82) is 0 Å². The first-order valence-electron chi connectivity index (χ1n) is 6.97. The zero-order valence-corrected chi connectivity index (χ0v) is 14.9. The number of nitrogens with zero attached hydrogens (tertiary/aromatic N) is 1. The van der Waals surface area contributed by atoms with Crippen LogP contribution < -0.4 is 5.32 Å². The van der Waals surface area contributed by atoms with Crippen molar-refractivity contribution in [3.63, 3.8) is 0 Å². The number of carbonyl (C=O) groups excluding carboxylic acids is 2. The summed E-state index contributed by atoms with van der Waals surface area (Å²) in [5.41, 5.74) is 0.944. The molecular weight excluding hydrogens is 383 g/mol. The van der Waals surface area contributed by atoms with Gasteiger partial charge in [0.25, 0.3) is 5.91 Å². The topological polar surface area (TPSA) is 49.4 Å². The molecule has 0 atom stereocenters. The molecule has 0 bridgehead atoms. The third kappa shape index (κ3) is 5.44. The second-order valence-corrected chi connectivity index (χ2v) is 7.45. The van der Waals surface area contributed by atoms with Gasteiger partial charge in [-0.25, -0.2) is 4.39 Å². The fourth-order valence-electron chi connectivity index (χ4n) is 1.96. The molecule has 23 heavy (non-hydrogen) atoms. The first-order chi connectivity index (χ1) is 11.0. The van der Waals surface area contributed by atoms with E-state index in [2.05, 4.69) is 21.2 Å². The van der Waals surface area contributed by atoms with Gasteiger partial charge in [0.05, 0.1) is 15.2 Å². The number of amides is 2. The Kier molecular flexibility index (Phi) is 6.29. The molecule has 1 aromatic heterocycles. The van der Waals surface area contributed by atoms with Crippen LogP contribution in [0, 0.1) is 5.82 Å². The number of likely N-dealkylation sites (N-methyl/N-ethyl adjacent to an activating group) is 1. The van der Waals surface area contributed by atoms with Crippen LogP contribution in [0.5, 0.6) is 0 Å². The molecule has 4 nitrogen and oxygen atoms in total. The Balaban J connectivity index is 1.75. The average Bonchev–Trinajstić information content (AvgIpc) is 2.95. The van der Waals surface area contributed by atoms with E-state index in [0.29, 0.717) is 17.8 Å². The zero-order valence-electron chi connectivity index (χ0n) is 12.5. The van der Waals surface area contributed by atoms with Crippen molar-refractivity contribution in [2.24, 2.45) is 0 Å². The minimum Gasteiger partial charge on any atom is -0.354 e. The summed E-state index contributed by atoms with van der Waals surface area (Å²) >= 11 is 4.64. The van der Waals surface area contributed by atoms with Gasteiger partial charge in [0, 0.05) is 13.6 Å². The van der Waals surface area contributed by atoms with Crippen LogP contribution in [0.1, 0.15) is 15.2 Å². The second-order valence-electron chi connectivity index (χ2n) is 4.99. The van der Waals surface area contributed by atoms with E-state index >= 15 is 0 Å². The summed E-state index contributed by atoms with van der Waals surface area (Å²) in [4.78, 5) is 26.0. The first-order valence-corrected chi connectivity index (χ1v) is 8.58. The molecule has 0 radical (unpaired) electrons. The highest BCUT2D eigenvalue weighted by Crippen LogP contribution is 2.22. The lowest BCUT2D eigenvalue weighted by Crippen LogP contribution is -2.38. The van der Waals surface area contributed by atoms with Gasteiger partial charge in [0.1, 0.15) is 5.82 Å². The monoisotopic (exact) mass is 398 g/mol. The number of hydrogen-bond acceptors (Lipinski definition) is 3. The highest BCUT2D eigenvalue weighted by molar-refractivity contribution is 9.11. The number of hydrogen-bond donors (Lipinski definition) is 1. The highest BCUT2D eigenvalue weighted by atomic mass is 79.9. The summed E-state index contributed by atoms with van der Waals surface area (Å²) in [5, 5.41) is 2.76. The number of carbonyl (C=O) groups is 2. The fraction of sp³-hybridized carbons (Fsp3) is 0.250. The Labute approximate surface area is 146 Å². The van der Waals surface area contributed by atoms with E-state index in [4.69, 9.17) is 0 Å². The average molecular weight is 399 g/mol. The van der Waals surface area contributed by atoms with Crippen LogP contribution in [0.25, 0.3) is 0 Å². The van der Waals surface area contributed by atoms with Gasteiger partial charge in [-0.05, 0) is 52.2 Å². The molecule has 2 rings (SSSR count). The van der Waals surface area contributed by atoms with Crippen molar-refractivity contribution in [1.82, 2.24) is 10.2 Å². The fourth-order valence-corrected chi connectivity index (χ4v) is 3.34. The van der Waals surface area contributed by atoms with Crippen molar-refractivity contribution in [2.45, 2.75) is 6.42 Å². The molecule has 0 aliphatic heterocycles. The number of halogens is 2. The van der Waals surface area contributed by atoms with Crippen molar-refractivity contribution >= 4 is 39.1 Å². The van der Waals surface area contributed by atoms with E-state index < -0.39 is 0 Å². The Bertz CT molecular complexity index is 688. The van der Waals surface area contributed by atoms with Gasteiger partial charge in [-0.3, -0.25) is 9.59 Å². The van der Waals surface area contributed by atoms with E-state index in [1.165, 1.54) is 28.4 Å². The molecular formula is C16H16BrFN2O2S. The van der Waals surface area contributed by atoms with E-state index in [-0.39, 0.29) is 24.2 Å². The normalized spacial score (nSPS) is 10.4. The van der Waals surface area contributed by atoms with Crippen LogP contribution in [0.2, 0.25) is 0 Å². The number of rotatable bonds is 6. The molecule has 122 valence electrons. The highest BCUT2D eigenvalue weighted by Gasteiger charge is 2.16. The standard InChI is InChI=1S/C16H16BrFN2O2S/c1-20(16(22)13-6-7-14(17)23-13)10-15(21)19-9-8-11-2-4-12(18)5-3-11/h2-7H,8-10H2,1H3,(H,19,21). The minimum absolute atomic E-state index is 0.00221. The van der Waals surface area contributed by atoms with Gasteiger partial charge in [0.15, 0.2) is 0 Å². The quantitative estimate of drug-likeness (QED) is 0.812. The molecule has 0 fully saturated rings. The second kappa shape index (κ2) is 8.21. The zero-order chi connectivity index (χ0) is 16.8. The van der Waals surface area contributed by atoms with Gasteiger partial charge < -0.3 is 10.2 Å². The Morgan fingerprint density at radius 3 is 2.52 bits per heavy atom. The Morgan fingerprint density at radius 2 is 1.91 bits per heavy atom. The lowest BCUT2D eigenvalue weighted by atomic mass is 10.1. The maximum absolute atomic E-state index is 12.8. The molecule has 1 N–H and O–H groups in total. The summed E-state index contributed by atoms with van der Waals surface area (Å²) < 4.78 is 13.7. The SMILES string of the molecule is CN(CC(=O)NCCc1ccc(F)cc1)C(=O)c1ccc(Br)s1. The Morgan fingerprint density at radius 1 is 1.22 bits per heavy atom. The Hall–Kier alpha value is -1.73. The summed E-state index contributed by atoms with van der Waals surface area (Å²) in [6, 6.07) is 9.68. The summed E-state index contributed by atoms with van der Waals surface area (Å²) in [5.74, 6) is -0.689. The molecule has 2 aromatic rings. The van der Waals surface area contributed by atoms with Crippen LogP contribution in [0.3, 0.4) is 0 Å². The van der Waals surface area contributed by atoms with Gasteiger partial charge in [0.2, 0.25) is 5.91 Å². The predicted molar refractivity (Wildman–Crippen MR) is 92.1 cm³/mol. The van der Waals surface area contributed by atoms with Gasteiger partial charge in [-0.2, -0.15) is 0 Å². The maximum Gasteiger partial charge on any atom is 0.264 e. The van der Waals surface area contributed by atoms with E-state index in [9.17, 15) is 14.0 Å². The maximum atomic E-state index is 12.8. The third-order valence-corrected chi connectivity index (χ3v) is 4.77. The van der Waals surface area contributed by atoms with Crippen LogP contribution >= 0.6 is 27.3 Å². The third-order valence-electron chi connectivity index (χ3n) is 3.16. The number of thiophene rings is 1. The van der Waals surface area contributed by atoms with Crippen molar-refractivity contribution in [2.75, 3.05) is 20.1 Å². The van der Waals surface area contributed by atoms with E-state index in [0.717, 1.165) is 9.35 Å². The van der Waals surface area contributed by atoms with Crippen LogP contribution in [-0.4, -0.2) is 36.9 Å². The lowest BCUT2D eigenvalue weighted by molar-refractivity contribution is -0.121. The molecule has 0 aliphatic carbocycles. The van der Waals surface area contributed by atoms with Crippen LogP contribution in [0.4, 0.5) is 4.39 Å². The summed E-state index contributed by atoms with van der Waals surface area (Å²) in [6.07, 6.45) is 0.613. The smallest absolute Gasteiger partial charge is 0.264 e. The molecule has 0 spiro atoms. The van der Waals surface area contributed by atoms with Crippen LogP contribution in [-0.2, 0) is 11.2 Å². The molecule has 0 unspecified atom stereocenters. The molecule has 1 heterocycles. The summed E-state index contributed by atoms with van der Waals surface area (Å²) in [7, 11) is 1.59. The van der Waals surface area contributed by atoms with Gasteiger partial charge in [-0.1, -0.05) is 12.1 Å². The molecule has 7 heteroatoms.